The molecular weight excluding hydrogens is 686 g/mol. The van der Waals surface area contributed by atoms with Gasteiger partial charge in [0, 0.05) is 54.9 Å². The third-order valence-corrected chi connectivity index (χ3v) is 10.4. The molecular formula is C38H49N5O10. The number of nitrogens with one attached hydrogen (secondary N) is 2. The Bertz CT molecular complexity index is 1850. The molecule has 286 valence electrons. The van der Waals surface area contributed by atoms with Crippen LogP contribution in [0.25, 0.3) is 0 Å². The molecule has 2 unspecified atom stereocenters. The summed E-state index contributed by atoms with van der Waals surface area (Å²) in [5.74, 6) is 1.48. The maximum absolute atomic E-state index is 13.6. The maximum Gasteiger partial charge on any atom is 0.408 e. The highest BCUT2D eigenvalue weighted by Gasteiger charge is 2.57. The molecule has 15 heteroatoms. The first kappa shape index (κ1) is 38.0. The van der Waals surface area contributed by atoms with Gasteiger partial charge in [0.2, 0.25) is 12.7 Å². The number of benzene rings is 2. The first-order valence-corrected chi connectivity index (χ1v) is 17.7. The highest BCUT2D eigenvalue weighted by Crippen LogP contribution is 2.58. The molecule has 0 spiro atoms. The minimum Gasteiger partial charge on any atom is -0.493 e. The summed E-state index contributed by atoms with van der Waals surface area (Å²) in [6.45, 7) is 11.9. The molecule has 2 aromatic rings. The van der Waals surface area contributed by atoms with Crippen molar-refractivity contribution in [1.82, 2.24) is 20.4 Å². The molecule has 4 heterocycles. The van der Waals surface area contributed by atoms with Crippen LogP contribution in [-0.2, 0) is 31.9 Å². The average Bonchev–Trinajstić information content (AvgIpc) is 3.57. The van der Waals surface area contributed by atoms with Crippen LogP contribution in [-0.4, -0.2) is 98.9 Å². The van der Waals surface area contributed by atoms with Crippen molar-refractivity contribution in [3.05, 3.63) is 39.4 Å². The van der Waals surface area contributed by atoms with Crippen LogP contribution in [0.2, 0.25) is 0 Å². The fraction of sp³-hybridized carbons (Fsp3) is 0.579. The number of methoxy groups -OCH3 is 2. The van der Waals surface area contributed by atoms with Crippen molar-refractivity contribution in [3.63, 3.8) is 0 Å². The van der Waals surface area contributed by atoms with Crippen molar-refractivity contribution < 1.29 is 47.5 Å². The van der Waals surface area contributed by atoms with Gasteiger partial charge in [0.05, 0.1) is 25.3 Å². The van der Waals surface area contributed by atoms with Crippen molar-refractivity contribution in [2.75, 3.05) is 41.4 Å². The third-order valence-electron chi connectivity index (χ3n) is 10.4. The van der Waals surface area contributed by atoms with Gasteiger partial charge in [0.25, 0.3) is 0 Å². The van der Waals surface area contributed by atoms with Crippen LogP contribution < -0.4 is 34.3 Å². The second-order valence-corrected chi connectivity index (χ2v) is 15.0. The van der Waals surface area contributed by atoms with Gasteiger partial charge in [-0.2, -0.15) is 5.26 Å². The highest BCUT2D eigenvalue weighted by atomic mass is 16.7. The molecule has 2 N–H and O–H groups in total. The zero-order valence-electron chi connectivity index (χ0n) is 32.0. The number of carbonyl (C=O) groups is 3. The van der Waals surface area contributed by atoms with E-state index < -0.39 is 47.7 Å². The molecule has 6 atom stereocenters. The number of rotatable bonds is 9. The Balaban J connectivity index is 1.51. The Morgan fingerprint density at radius 1 is 1.06 bits per heavy atom. The molecule has 0 saturated carbocycles. The summed E-state index contributed by atoms with van der Waals surface area (Å²) in [7, 11) is 5.18. The van der Waals surface area contributed by atoms with Crippen molar-refractivity contribution in [2.45, 2.75) is 103 Å². The number of nitrogens with zero attached hydrogens (tertiary/aromatic N) is 3. The predicted molar refractivity (Wildman–Crippen MR) is 190 cm³/mol. The van der Waals surface area contributed by atoms with E-state index in [2.05, 4.69) is 32.6 Å². The molecule has 6 rings (SSSR count). The Hall–Kier alpha value is -4.78. The lowest BCUT2D eigenvalue weighted by molar-refractivity contribution is -0.132. The zero-order valence-corrected chi connectivity index (χ0v) is 32.0. The van der Waals surface area contributed by atoms with Crippen LogP contribution in [0.4, 0.5) is 4.79 Å². The maximum atomic E-state index is 13.6. The number of hydrogen-bond donors (Lipinski definition) is 2. The fourth-order valence-corrected chi connectivity index (χ4v) is 8.45. The lowest BCUT2D eigenvalue weighted by atomic mass is 9.71. The number of nitriles is 1. The van der Waals surface area contributed by atoms with Crippen LogP contribution in [0.15, 0.2) is 6.07 Å². The summed E-state index contributed by atoms with van der Waals surface area (Å²) in [5, 5.41) is 16.6. The van der Waals surface area contributed by atoms with Crippen LogP contribution in [0.1, 0.15) is 80.1 Å². The number of piperazine rings is 1. The number of hydrogen-bond acceptors (Lipinski definition) is 13. The lowest BCUT2D eigenvalue weighted by Gasteiger charge is -2.60. The van der Waals surface area contributed by atoms with Gasteiger partial charge in [0.1, 0.15) is 23.4 Å². The predicted octanol–water partition coefficient (Wildman–Crippen LogP) is 3.75. The molecule has 4 aliphatic rings. The quantitative estimate of drug-likeness (QED) is 0.217. The van der Waals surface area contributed by atoms with Crippen LogP contribution in [0.5, 0.6) is 28.7 Å². The molecule has 2 aromatic carbocycles. The van der Waals surface area contributed by atoms with Crippen molar-refractivity contribution in [2.24, 2.45) is 0 Å². The smallest absolute Gasteiger partial charge is 0.408 e. The van der Waals surface area contributed by atoms with Gasteiger partial charge in [0.15, 0.2) is 29.8 Å². The van der Waals surface area contributed by atoms with Crippen molar-refractivity contribution >= 4 is 18.0 Å². The van der Waals surface area contributed by atoms with Crippen LogP contribution >= 0.6 is 0 Å². The molecule has 0 aliphatic carbocycles. The zero-order chi connectivity index (χ0) is 38.5. The van der Waals surface area contributed by atoms with E-state index in [-0.39, 0.29) is 32.2 Å². The molecule has 2 bridgehead atoms. The Morgan fingerprint density at radius 2 is 1.77 bits per heavy atom. The molecule has 0 aromatic heterocycles. The summed E-state index contributed by atoms with van der Waals surface area (Å²) in [5.41, 5.74) is 4.12. The Labute approximate surface area is 309 Å². The Morgan fingerprint density at radius 3 is 2.42 bits per heavy atom. The number of likely N-dealkylation sites (N-methyl/N-ethyl adjacent to an activating group) is 1. The highest BCUT2D eigenvalue weighted by molar-refractivity contribution is 5.85. The van der Waals surface area contributed by atoms with E-state index >= 15 is 0 Å². The van der Waals surface area contributed by atoms with Gasteiger partial charge < -0.3 is 43.8 Å². The summed E-state index contributed by atoms with van der Waals surface area (Å²) < 4.78 is 40.9. The minimum absolute atomic E-state index is 0.00636. The SMILES string of the molecule is COCOc1c(OC)c(C)cc2c1[C@H]1C3Cc4c(OC(C)=O)c(C)c5c(c4[C@H](CNC(=O)C(C)NC(=O)OC(C)(C)C)N3[C@@H](C#N)[C@H](C2)N1C)OCO5. The lowest BCUT2D eigenvalue weighted by Crippen LogP contribution is -2.69. The van der Waals surface area contributed by atoms with E-state index in [0.29, 0.717) is 52.7 Å². The van der Waals surface area contributed by atoms with Crippen molar-refractivity contribution in [3.8, 4) is 34.8 Å². The fourth-order valence-electron chi connectivity index (χ4n) is 8.45. The van der Waals surface area contributed by atoms with E-state index in [9.17, 15) is 19.6 Å². The topological polar surface area (TPSA) is 170 Å². The largest absolute Gasteiger partial charge is 0.493 e. The number of fused-ring (bicyclic) bond motifs is 9. The first-order chi connectivity index (χ1) is 25.1. The van der Waals surface area contributed by atoms with Gasteiger partial charge in [-0.1, -0.05) is 6.07 Å². The summed E-state index contributed by atoms with van der Waals surface area (Å²) in [6, 6.07) is 1.53. The second kappa shape index (κ2) is 14.6. The average molecular weight is 736 g/mol. The van der Waals surface area contributed by atoms with E-state index in [1.54, 1.807) is 41.9 Å². The number of alkyl carbamates (subject to hydrolysis) is 1. The van der Waals surface area contributed by atoms with E-state index in [4.69, 9.17) is 33.2 Å². The molecule has 15 nitrogen and oxygen atoms in total. The summed E-state index contributed by atoms with van der Waals surface area (Å²) >= 11 is 0. The molecule has 4 aliphatic heterocycles. The molecule has 53 heavy (non-hydrogen) atoms. The van der Waals surface area contributed by atoms with Gasteiger partial charge in [-0.3, -0.25) is 19.4 Å². The number of carbonyl (C=O) groups excluding carboxylic acids is 3. The third kappa shape index (κ3) is 6.79. The van der Waals surface area contributed by atoms with E-state index in [0.717, 1.165) is 22.3 Å². The summed E-state index contributed by atoms with van der Waals surface area (Å²) in [4.78, 5) is 43.2. The summed E-state index contributed by atoms with van der Waals surface area (Å²) in [6.07, 6.45) is 0.182. The first-order valence-electron chi connectivity index (χ1n) is 17.7. The standard InChI is InChI=1S/C38H49N5O10/c1-18-11-22-12-24-26(14-39)43-25(30(42(24)8)28(22)34(31(18)48-10)49-16-47-9)13-23-29(35-33(50-17-51-35)19(2)32(23)52-21(4)44)27(43)15-40-36(45)20(3)41-37(46)53-38(5,6)7/h11,20,24-27,30H,12-13,15-17H2,1-10H3,(H,40,45)(H,41,46)/t20?,24-,25?,26-,27-,30+/m0/s1. The van der Waals surface area contributed by atoms with Crippen molar-refractivity contribution in [1.29, 1.82) is 5.26 Å². The van der Waals surface area contributed by atoms with Crippen LogP contribution in [0.3, 0.4) is 0 Å². The number of esters is 1. The number of aryl methyl sites for hydroxylation is 1. The van der Waals surface area contributed by atoms with Gasteiger partial charge >= 0.3 is 12.1 Å². The van der Waals surface area contributed by atoms with Crippen LogP contribution in [0, 0.1) is 25.2 Å². The van der Waals surface area contributed by atoms with E-state index in [1.807, 2.05) is 20.9 Å². The van der Waals surface area contributed by atoms with E-state index in [1.165, 1.54) is 6.92 Å². The molecule has 0 radical (unpaired) electrons. The normalized spacial score (nSPS) is 23.4. The number of amides is 2. The molecule has 1 saturated heterocycles. The number of ether oxygens (including phenoxy) is 7. The minimum atomic E-state index is -0.940. The monoisotopic (exact) mass is 735 g/mol. The second-order valence-electron chi connectivity index (χ2n) is 15.0. The van der Waals surface area contributed by atoms with Gasteiger partial charge in [-0.15, -0.1) is 0 Å². The van der Waals surface area contributed by atoms with Gasteiger partial charge in [-0.25, -0.2) is 4.79 Å². The Kier molecular flexibility index (Phi) is 10.4. The van der Waals surface area contributed by atoms with Gasteiger partial charge in [-0.05, 0) is 72.6 Å². The molecule has 2 amide bonds. The molecule has 1 fully saturated rings.